The standard InChI is InChI=1S/C18H26ClN3O4/c1-18(2,3)26-17(24)22-9-7-21(8-10-22)12-16(23)20-14-11-13(19)5-6-15(14)25-4/h5-6,11H,7-10,12H2,1-4H3,(H,20,23). The number of methoxy groups -OCH3 is 1. The van der Waals surface area contributed by atoms with Crippen LogP contribution in [0, 0.1) is 0 Å². The smallest absolute Gasteiger partial charge is 0.410 e. The van der Waals surface area contributed by atoms with Gasteiger partial charge in [-0.05, 0) is 39.0 Å². The number of nitrogens with zero attached hydrogens (tertiary/aromatic N) is 2. The Labute approximate surface area is 159 Å². The van der Waals surface area contributed by atoms with E-state index in [9.17, 15) is 9.59 Å². The number of hydrogen-bond acceptors (Lipinski definition) is 5. The van der Waals surface area contributed by atoms with Crippen molar-refractivity contribution in [2.24, 2.45) is 0 Å². The van der Waals surface area contributed by atoms with Gasteiger partial charge in [-0.2, -0.15) is 0 Å². The summed E-state index contributed by atoms with van der Waals surface area (Å²) in [7, 11) is 1.54. The van der Waals surface area contributed by atoms with Crippen LogP contribution in [0.4, 0.5) is 10.5 Å². The Morgan fingerprint density at radius 1 is 1.19 bits per heavy atom. The fraction of sp³-hybridized carbons (Fsp3) is 0.556. The van der Waals surface area contributed by atoms with Gasteiger partial charge in [-0.1, -0.05) is 11.6 Å². The highest BCUT2D eigenvalue weighted by atomic mass is 35.5. The normalized spacial score (nSPS) is 15.5. The fourth-order valence-electron chi connectivity index (χ4n) is 2.59. The fourth-order valence-corrected chi connectivity index (χ4v) is 2.76. The van der Waals surface area contributed by atoms with Crippen molar-refractivity contribution in [3.05, 3.63) is 23.2 Å². The molecule has 1 aliphatic rings. The second-order valence-corrected chi connectivity index (χ2v) is 7.57. The van der Waals surface area contributed by atoms with Crippen molar-refractivity contribution < 1.29 is 19.1 Å². The molecule has 1 aromatic carbocycles. The summed E-state index contributed by atoms with van der Waals surface area (Å²) >= 11 is 5.97. The molecular weight excluding hydrogens is 358 g/mol. The van der Waals surface area contributed by atoms with Crippen molar-refractivity contribution >= 4 is 29.3 Å². The van der Waals surface area contributed by atoms with E-state index in [1.165, 1.54) is 7.11 Å². The Bertz CT molecular complexity index is 652. The van der Waals surface area contributed by atoms with Gasteiger partial charge < -0.3 is 19.7 Å². The summed E-state index contributed by atoms with van der Waals surface area (Å²) in [6.45, 7) is 8.04. The number of hydrogen-bond donors (Lipinski definition) is 1. The van der Waals surface area contributed by atoms with Gasteiger partial charge in [0, 0.05) is 31.2 Å². The molecule has 0 saturated carbocycles. The SMILES string of the molecule is COc1ccc(Cl)cc1NC(=O)CN1CCN(C(=O)OC(C)(C)C)CC1. The average molecular weight is 384 g/mol. The number of carbonyl (C=O) groups is 2. The second-order valence-electron chi connectivity index (χ2n) is 7.14. The summed E-state index contributed by atoms with van der Waals surface area (Å²) < 4.78 is 10.6. The zero-order valence-corrected chi connectivity index (χ0v) is 16.4. The molecule has 2 rings (SSSR count). The van der Waals surface area contributed by atoms with Gasteiger partial charge >= 0.3 is 6.09 Å². The van der Waals surface area contributed by atoms with E-state index in [0.717, 1.165) is 0 Å². The lowest BCUT2D eigenvalue weighted by atomic mass is 10.2. The number of halogens is 1. The summed E-state index contributed by atoms with van der Waals surface area (Å²) in [5.41, 5.74) is 0.0294. The predicted octanol–water partition coefficient (Wildman–Crippen LogP) is 2.84. The predicted molar refractivity (Wildman–Crippen MR) is 101 cm³/mol. The molecular formula is C18H26ClN3O4. The van der Waals surface area contributed by atoms with E-state index in [0.29, 0.717) is 42.6 Å². The van der Waals surface area contributed by atoms with E-state index < -0.39 is 5.60 Å². The summed E-state index contributed by atoms with van der Waals surface area (Å²) in [5, 5.41) is 3.34. The molecule has 26 heavy (non-hydrogen) atoms. The number of benzene rings is 1. The number of amides is 2. The lowest BCUT2D eigenvalue weighted by molar-refractivity contribution is -0.117. The maximum absolute atomic E-state index is 12.3. The Kier molecular flexibility index (Phi) is 6.72. The first-order chi connectivity index (χ1) is 12.2. The zero-order valence-electron chi connectivity index (χ0n) is 15.7. The molecule has 1 saturated heterocycles. The Balaban J connectivity index is 1.83. The van der Waals surface area contributed by atoms with Gasteiger partial charge in [0.25, 0.3) is 0 Å². The summed E-state index contributed by atoms with van der Waals surface area (Å²) in [6.07, 6.45) is -0.315. The van der Waals surface area contributed by atoms with Crippen LogP contribution < -0.4 is 10.1 Å². The second kappa shape index (κ2) is 8.60. The van der Waals surface area contributed by atoms with Crippen LogP contribution in [0.5, 0.6) is 5.75 Å². The van der Waals surface area contributed by atoms with Crippen LogP contribution in [-0.4, -0.2) is 67.2 Å². The molecule has 1 heterocycles. The number of nitrogens with one attached hydrogen (secondary N) is 1. The minimum absolute atomic E-state index is 0.156. The van der Waals surface area contributed by atoms with E-state index >= 15 is 0 Å². The molecule has 0 aromatic heterocycles. The van der Waals surface area contributed by atoms with Crippen LogP contribution in [0.1, 0.15) is 20.8 Å². The first kappa shape index (κ1) is 20.3. The van der Waals surface area contributed by atoms with E-state index in [1.807, 2.05) is 25.7 Å². The largest absolute Gasteiger partial charge is 0.495 e. The topological polar surface area (TPSA) is 71.1 Å². The molecule has 1 aliphatic heterocycles. The molecule has 144 valence electrons. The quantitative estimate of drug-likeness (QED) is 0.865. The van der Waals surface area contributed by atoms with Crippen LogP contribution >= 0.6 is 11.6 Å². The molecule has 2 amide bonds. The highest BCUT2D eigenvalue weighted by Crippen LogP contribution is 2.27. The Morgan fingerprint density at radius 3 is 2.42 bits per heavy atom. The van der Waals surface area contributed by atoms with E-state index in [-0.39, 0.29) is 18.5 Å². The van der Waals surface area contributed by atoms with Gasteiger partial charge in [0.15, 0.2) is 0 Å². The highest BCUT2D eigenvalue weighted by molar-refractivity contribution is 6.31. The van der Waals surface area contributed by atoms with Crippen LogP contribution in [0.3, 0.4) is 0 Å². The maximum atomic E-state index is 12.3. The van der Waals surface area contributed by atoms with Crippen LogP contribution in [0.25, 0.3) is 0 Å². The number of carbonyl (C=O) groups excluding carboxylic acids is 2. The molecule has 1 N–H and O–H groups in total. The molecule has 0 spiro atoms. The van der Waals surface area contributed by atoms with Gasteiger partial charge in [-0.15, -0.1) is 0 Å². The number of piperazine rings is 1. The number of rotatable bonds is 4. The van der Waals surface area contributed by atoms with Crippen LogP contribution in [0.15, 0.2) is 18.2 Å². The molecule has 1 fully saturated rings. The molecule has 8 heteroatoms. The van der Waals surface area contributed by atoms with Crippen molar-refractivity contribution in [2.45, 2.75) is 26.4 Å². The van der Waals surface area contributed by atoms with Crippen LogP contribution in [0.2, 0.25) is 5.02 Å². The van der Waals surface area contributed by atoms with E-state index in [1.54, 1.807) is 23.1 Å². The molecule has 0 radical (unpaired) electrons. The van der Waals surface area contributed by atoms with Crippen molar-refractivity contribution in [3.8, 4) is 5.75 Å². The van der Waals surface area contributed by atoms with Crippen molar-refractivity contribution in [3.63, 3.8) is 0 Å². The first-order valence-corrected chi connectivity index (χ1v) is 8.89. The van der Waals surface area contributed by atoms with E-state index in [2.05, 4.69) is 5.32 Å². The van der Waals surface area contributed by atoms with Crippen molar-refractivity contribution in [2.75, 3.05) is 45.2 Å². The summed E-state index contributed by atoms with van der Waals surface area (Å²) in [4.78, 5) is 28.0. The molecule has 7 nitrogen and oxygen atoms in total. The molecule has 1 aromatic rings. The summed E-state index contributed by atoms with van der Waals surface area (Å²) in [5.74, 6) is 0.397. The monoisotopic (exact) mass is 383 g/mol. The minimum atomic E-state index is -0.510. The third-order valence-corrected chi connectivity index (χ3v) is 4.06. The maximum Gasteiger partial charge on any atom is 0.410 e. The Morgan fingerprint density at radius 2 is 1.85 bits per heavy atom. The lowest BCUT2D eigenvalue weighted by Crippen LogP contribution is -2.51. The molecule has 0 bridgehead atoms. The molecule has 0 atom stereocenters. The van der Waals surface area contributed by atoms with Crippen LogP contribution in [-0.2, 0) is 9.53 Å². The number of ether oxygens (including phenoxy) is 2. The minimum Gasteiger partial charge on any atom is -0.495 e. The zero-order chi connectivity index (χ0) is 19.3. The van der Waals surface area contributed by atoms with E-state index in [4.69, 9.17) is 21.1 Å². The third kappa shape index (κ3) is 6.07. The average Bonchev–Trinajstić information content (AvgIpc) is 2.54. The molecule has 0 aliphatic carbocycles. The lowest BCUT2D eigenvalue weighted by Gasteiger charge is -2.35. The first-order valence-electron chi connectivity index (χ1n) is 8.51. The van der Waals surface area contributed by atoms with Gasteiger partial charge in [0.1, 0.15) is 11.4 Å². The van der Waals surface area contributed by atoms with Gasteiger partial charge in [-0.25, -0.2) is 4.79 Å². The summed E-state index contributed by atoms with van der Waals surface area (Å²) in [6, 6.07) is 5.06. The van der Waals surface area contributed by atoms with Gasteiger partial charge in [0.2, 0.25) is 5.91 Å². The number of anilines is 1. The third-order valence-electron chi connectivity index (χ3n) is 3.83. The van der Waals surface area contributed by atoms with Crippen molar-refractivity contribution in [1.82, 2.24) is 9.80 Å². The van der Waals surface area contributed by atoms with Crippen molar-refractivity contribution in [1.29, 1.82) is 0 Å². The molecule has 0 unspecified atom stereocenters. The van der Waals surface area contributed by atoms with Gasteiger partial charge in [0.05, 0.1) is 19.3 Å². The Hall–Kier alpha value is -1.99. The van der Waals surface area contributed by atoms with Gasteiger partial charge in [-0.3, -0.25) is 9.69 Å². The highest BCUT2D eigenvalue weighted by Gasteiger charge is 2.26.